The van der Waals surface area contributed by atoms with Gasteiger partial charge in [-0.1, -0.05) is 35.9 Å². The average Bonchev–Trinajstić information content (AvgIpc) is 2.49. The molecule has 122 valence electrons. The predicted octanol–water partition coefficient (Wildman–Crippen LogP) is 2.61. The number of hydrogen-bond donors (Lipinski definition) is 2. The highest BCUT2D eigenvalue weighted by Gasteiger charge is 2.22. The quantitative estimate of drug-likeness (QED) is 0.884. The SMILES string of the molecule is Cc1ccc(S(=O)(=O)N[C@H](C)C(=O)Nc2ccccc2C)cc1. The zero-order valence-corrected chi connectivity index (χ0v) is 14.1. The van der Waals surface area contributed by atoms with Crippen molar-refractivity contribution < 1.29 is 13.2 Å². The number of carbonyl (C=O) groups is 1. The van der Waals surface area contributed by atoms with E-state index < -0.39 is 22.0 Å². The second kappa shape index (κ2) is 6.93. The molecule has 2 N–H and O–H groups in total. The molecule has 2 rings (SSSR count). The van der Waals surface area contributed by atoms with E-state index >= 15 is 0 Å². The van der Waals surface area contributed by atoms with Gasteiger partial charge < -0.3 is 5.32 Å². The van der Waals surface area contributed by atoms with Gasteiger partial charge in [-0.05, 0) is 44.5 Å². The molecular formula is C17H20N2O3S. The zero-order chi connectivity index (χ0) is 17.0. The van der Waals surface area contributed by atoms with Gasteiger partial charge in [0.2, 0.25) is 15.9 Å². The molecule has 0 radical (unpaired) electrons. The lowest BCUT2D eigenvalue weighted by atomic mass is 10.2. The highest BCUT2D eigenvalue weighted by molar-refractivity contribution is 7.89. The summed E-state index contributed by atoms with van der Waals surface area (Å²) in [5, 5.41) is 2.73. The number of hydrogen-bond acceptors (Lipinski definition) is 3. The highest BCUT2D eigenvalue weighted by atomic mass is 32.2. The maximum absolute atomic E-state index is 12.3. The number of rotatable bonds is 5. The van der Waals surface area contributed by atoms with Gasteiger partial charge in [0.25, 0.3) is 0 Å². The Morgan fingerprint density at radius 1 is 1.00 bits per heavy atom. The van der Waals surface area contributed by atoms with E-state index in [-0.39, 0.29) is 4.90 Å². The van der Waals surface area contributed by atoms with Crippen molar-refractivity contribution in [3.63, 3.8) is 0 Å². The van der Waals surface area contributed by atoms with E-state index in [1.165, 1.54) is 19.1 Å². The summed E-state index contributed by atoms with van der Waals surface area (Å²) in [4.78, 5) is 12.3. The van der Waals surface area contributed by atoms with Gasteiger partial charge in [-0.2, -0.15) is 4.72 Å². The molecule has 2 aromatic rings. The number of anilines is 1. The van der Waals surface area contributed by atoms with Gasteiger partial charge in [0.1, 0.15) is 0 Å². The average molecular weight is 332 g/mol. The lowest BCUT2D eigenvalue weighted by Gasteiger charge is -2.15. The van der Waals surface area contributed by atoms with Crippen LogP contribution in [0.5, 0.6) is 0 Å². The van der Waals surface area contributed by atoms with Crippen molar-refractivity contribution in [3.8, 4) is 0 Å². The third-order valence-electron chi connectivity index (χ3n) is 3.46. The first-order valence-electron chi connectivity index (χ1n) is 7.25. The van der Waals surface area contributed by atoms with E-state index in [1.54, 1.807) is 18.2 Å². The summed E-state index contributed by atoms with van der Waals surface area (Å²) in [7, 11) is -3.73. The smallest absolute Gasteiger partial charge is 0.242 e. The summed E-state index contributed by atoms with van der Waals surface area (Å²) in [6.45, 7) is 5.26. The minimum absolute atomic E-state index is 0.138. The molecule has 0 bridgehead atoms. The monoisotopic (exact) mass is 332 g/mol. The van der Waals surface area contributed by atoms with Crippen LogP contribution in [0.25, 0.3) is 0 Å². The van der Waals surface area contributed by atoms with Gasteiger partial charge in [-0.15, -0.1) is 0 Å². The van der Waals surface area contributed by atoms with Crippen molar-refractivity contribution in [2.75, 3.05) is 5.32 Å². The lowest BCUT2D eigenvalue weighted by Crippen LogP contribution is -2.41. The van der Waals surface area contributed by atoms with E-state index in [4.69, 9.17) is 0 Å². The molecule has 5 nitrogen and oxygen atoms in total. The lowest BCUT2D eigenvalue weighted by molar-refractivity contribution is -0.117. The molecule has 0 aliphatic rings. The summed E-state index contributed by atoms with van der Waals surface area (Å²) in [6, 6.07) is 12.9. The molecular weight excluding hydrogens is 312 g/mol. The Morgan fingerprint density at radius 2 is 1.61 bits per heavy atom. The van der Waals surface area contributed by atoms with Gasteiger partial charge in [0.15, 0.2) is 0 Å². The van der Waals surface area contributed by atoms with E-state index in [0.717, 1.165) is 11.1 Å². The number of aryl methyl sites for hydroxylation is 2. The van der Waals surface area contributed by atoms with E-state index in [0.29, 0.717) is 5.69 Å². The minimum Gasteiger partial charge on any atom is -0.324 e. The Kier molecular flexibility index (Phi) is 5.18. The molecule has 0 saturated heterocycles. The Labute approximate surface area is 136 Å². The first kappa shape index (κ1) is 17.2. The Hall–Kier alpha value is -2.18. The van der Waals surface area contributed by atoms with Crippen LogP contribution in [-0.2, 0) is 14.8 Å². The van der Waals surface area contributed by atoms with Crippen LogP contribution in [0, 0.1) is 13.8 Å². The topological polar surface area (TPSA) is 75.3 Å². The molecule has 0 aliphatic carbocycles. The number of nitrogens with one attached hydrogen (secondary N) is 2. The van der Waals surface area contributed by atoms with Gasteiger partial charge in [-0.25, -0.2) is 8.42 Å². The van der Waals surface area contributed by atoms with E-state index in [9.17, 15) is 13.2 Å². The summed E-state index contributed by atoms with van der Waals surface area (Å²) >= 11 is 0. The Morgan fingerprint density at radius 3 is 2.22 bits per heavy atom. The molecule has 6 heteroatoms. The van der Waals surface area contributed by atoms with Crippen molar-refractivity contribution in [1.82, 2.24) is 4.72 Å². The van der Waals surface area contributed by atoms with Crippen LogP contribution in [0.2, 0.25) is 0 Å². The fourth-order valence-electron chi connectivity index (χ4n) is 2.03. The van der Waals surface area contributed by atoms with Crippen LogP contribution in [0.3, 0.4) is 0 Å². The maximum atomic E-state index is 12.3. The standard InChI is InChI=1S/C17H20N2O3S/c1-12-8-10-15(11-9-12)23(21,22)19-14(3)17(20)18-16-7-5-4-6-13(16)2/h4-11,14,19H,1-3H3,(H,18,20)/t14-/m1/s1. The van der Waals surface area contributed by atoms with Gasteiger partial charge >= 0.3 is 0 Å². The third-order valence-corrected chi connectivity index (χ3v) is 5.02. The molecule has 0 heterocycles. The van der Waals surface area contributed by atoms with Crippen LogP contribution in [0.15, 0.2) is 53.4 Å². The molecule has 0 saturated carbocycles. The number of para-hydroxylation sites is 1. The van der Waals surface area contributed by atoms with Crippen molar-refractivity contribution >= 4 is 21.6 Å². The molecule has 2 aromatic carbocycles. The van der Waals surface area contributed by atoms with Crippen LogP contribution in [-0.4, -0.2) is 20.4 Å². The fourth-order valence-corrected chi connectivity index (χ4v) is 3.23. The van der Waals surface area contributed by atoms with Crippen LogP contribution < -0.4 is 10.0 Å². The Balaban J connectivity index is 2.08. The molecule has 23 heavy (non-hydrogen) atoms. The minimum atomic E-state index is -3.73. The van der Waals surface area contributed by atoms with Crippen LogP contribution >= 0.6 is 0 Å². The molecule has 0 fully saturated rings. The Bertz CT molecular complexity index is 799. The molecule has 0 aliphatic heterocycles. The summed E-state index contributed by atoms with van der Waals surface area (Å²) in [5.74, 6) is -0.407. The molecule has 1 atom stereocenters. The third kappa shape index (κ3) is 4.40. The zero-order valence-electron chi connectivity index (χ0n) is 13.3. The fraction of sp³-hybridized carbons (Fsp3) is 0.235. The van der Waals surface area contributed by atoms with Crippen LogP contribution in [0.4, 0.5) is 5.69 Å². The van der Waals surface area contributed by atoms with Gasteiger partial charge in [-0.3, -0.25) is 4.79 Å². The van der Waals surface area contributed by atoms with Crippen molar-refractivity contribution in [1.29, 1.82) is 0 Å². The second-order valence-electron chi connectivity index (χ2n) is 5.46. The highest BCUT2D eigenvalue weighted by Crippen LogP contribution is 2.14. The van der Waals surface area contributed by atoms with Gasteiger partial charge in [0.05, 0.1) is 10.9 Å². The van der Waals surface area contributed by atoms with E-state index in [1.807, 2.05) is 32.0 Å². The largest absolute Gasteiger partial charge is 0.324 e. The molecule has 0 unspecified atom stereocenters. The number of sulfonamides is 1. The molecule has 0 spiro atoms. The number of amides is 1. The number of carbonyl (C=O) groups excluding carboxylic acids is 1. The van der Waals surface area contributed by atoms with Crippen LogP contribution in [0.1, 0.15) is 18.1 Å². The summed E-state index contributed by atoms with van der Waals surface area (Å²) in [6.07, 6.45) is 0. The normalized spacial score (nSPS) is 12.7. The van der Waals surface area contributed by atoms with E-state index in [2.05, 4.69) is 10.0 Å². The maximum Gasteiger partial charge on any atom is 0.242 e. The second-order valence-corrected chi connectivity index (χ2v) is 7.17. The first-order chi connectivity index (χ1) is 10.8. The summed E-state index contributed by atoms with van der Waals surface area (Å²) < 4.78 is 27.0. The van der Waals surface area contributed by atoms with Crippen molar-refractivity contribution in [2.24, 2.45) is 0 Å². The summed E-state index contributed by atoms with van der Waals surface area (Å²) in [5.41, 5.74) is 2.54. The molecule has 0 aromatic heterocycles. The number of benzene rings is 2. The van der Waals surface area contributed by atoms with Crippen molar-refractivity contribution in [2.45, 2.75) is 31.7 Å². The molecule has 1 amide bonds. The van der Waals surface area contributed by atoms with Gasteiger partial charge in [0, 0.05) is 5.69 Å². The van der Waals surface area contributed by atoms with Crippen molar-refractivity contribution in [3.05, 3.63) is 59.7 Å². The predicted molar refractivity (Wildman–Crippen MR) is 90.8 cm³/mol. The first-order valence-corrected chi connectivity index (χ1v) is 8.73.